The molecular formula is C37H38F3N3O2S. The molecule has 0 N–H and O–H groups in total. The SMILES string of the molecule is CCc1cccc(CC)c1-n1c(C=C(C)C)c(C(=O)N2C[C@@H]3CC[C@@H](C3)C2)cc(-c2nc(-c3ccc(C(F)(F)F)cc3)cs2)c1=O. The maximum Gasteiger partial charge on any atom is 0.416 e. The van der Waals surface area contributed by atoms with E-state index in [4.69, 9.17) is 4.98 Å². The van der Waals surface area contributed by atoms with Crippen LogP contribution in [0.25, 0.3) is 33.6 Å². The lowest BCUT2D eigenvalue weighted by Crippen LogP contribution is -2.42. The van der Waals surface area contributed by atoms with Gasteiger partial charge in [0.15, 0.2) is 0 Å². The molecule has 2 bridgehead atoms. The highest BCUT2D eigenvalue weighted by Gasteiger charge is 2.36. The average Bonchev–Trinajstić information content (AvgIpc) is 3.66. The second-order valence-electron chi connectivity index (χ2n) is 12.7. The van der Waals surface area contributed by atoms with Crippen LogP contribution < -0.4 is 5.56 Å². The number of benzene rings is 2. The van der Waals surface area contributed by atoms with Crippen molar-refractivity contribution in [2.24, 2.45) is 11.8 Å². The molecule has 3 heterocycles. The molecule has 46 heavy (non-hydrogen) atoms. The molecule has 4 aromatic rings. The Bertz CT molecular complexity index is 1830. The standard InChI is InChI=1S/C37H38F3N3O2S/c1-5-25-8-7-9-26(6-2)33(25)43-32(16-22(3)4)29(35(44)42-19-23-10-11-24(17-23)20-42)18-30(36(43)45)34-41-31(21-46-34)27-12-14-28(15-13-27)37(38,39)40/h7-9,12-16,18,21,23-24H,5-6,10-11,17,19-20H2,1-4H3/t23-,24+. The van der Waals surface area contributed by atoms with E-state index >= 15 is 0 Å². The molecular weight excluding hydrogens is 607 g/mol. The molecule has 1 saturated carbocycles. The molecule has 0 unspecified atom stereocenters. The van der Waals surface area contributed by atoms with Gasteiger partial charge in [0, 0.05) is 24.0 Å². The maximum absolute atomic E-state index is 14.7. The number of alkyl halides is 3. The molecule has 2 aromatic heterocycles. The van der Waals surface area contributed by atoms with Crippen molar-refractivity contribution in [3.63, 3.8) is 0 Å². The summed E-state index contributed by atoms with van der Waals surface area (Å²) in [5, 5.41) is 2.16. The first kappa shape index (κ1) is 32.0. The van der Waals surface area contributed by atoms with Gasteiger partial charge in [-0.25, -0.2) is 4.98 Å². The molecule has 2 fully saturated rings. The van der Waals surface area contributed by atoms with E-state index in [1.54, 1.807) is 16.0 Å². The lowest BCUT2D eigenvalue weighted by atomic mass is 9.96. The molecule has 1 aliphatic carbocycles. The van der Waals surface area contributed by atoms with Gasteiger partial charge in [0.1, 0.15) is 5.01 Å². The number of rotatable bonds is 7. The fourth-order valence-electron chi connectivity index (χ4n) is 7.00. The lowest BCUT2D eigenvalue weighted by Gasteiger charge is -2.32. The van der Waals surface area contributed by atoms with Crippen molar-refractivity contribution in [3.8, 4) is 27.5 Å². The molecule has 2 atom stereocenters. The summed E-state index contributed by atoms with van der Waals surface area (Å²) >= 11 is 1.24. The Balaban J connectivity index is 1.57. The zero-order valence-corrected chi connectivity index (χ0v) is 27.4. The fourth-order valence-corrected chi connectivity index (χ4v) is 7.84. The Hall–Kier alpha value is -3.98. The van der Waals surface area contributed by atoms with Gasteiger partial charge in [0.05, 0.1) is 33.8 Å². The molecule has 0 radical (unpaired) electrons. The van der Waals surface area contributed by atoms with Gasteiger partial charge < -0.3 is 4.90 Å². The van der Waals surface area contributed by atoms with Crippen molar-refractivity contribution in [3.05, 3.63) is 97.8 Å². The topological polar surface area (TPSA) is 55.2 Å². The number of likely N-dealkylation sites (tertiary alicyclic amines) is 1. The number of amides is 1. The smallest absolute Gasteiger partial charge is 0.338 e. The molecule has 0 spiro atoms. The van der Waals surface area contributed by atoms with Crippen LogP contribution in [0.15, 0.2) is 64.3 Å². The van der Waals surface area contributed by atoms with Gasteiger partial charge in [-0.1, -0.05) is 49.8 Å². The monoisotopic (exact) mass is 645 g/mol. The van der Waals surface area contributed by atoms with Crippen molar-refractivity contribution < 1.29 is 18.0 Å². The number of nitrogens with zero attached hydrogens (tertiary/aromatic N) is 3. The second-order valence-corrected chi connectivity index (χ2v) is 13.6. The normalized spacial score (nSPS) is 17.8. The number of pyridine rings is 1. The van der Waals surface area contributed by atoms with E-state index in [1.807, 2.05) is 43.0 Å². The number of halogens is 3. The zero-order valence-electron chi connectivity index (χ0n) is 26.6. The van der Waals surface area contributed by atoms with Crippen LogP contribution in [0.3, 0.4) is 0 Å². The number of carbonyl (C=O) groups excluding carboxylic acids is 1. The molecule has 1 saturated heterocycles. The van der Waals surface area contributed by atoms with Gasteiger partial charge in [-0.05, 0) is 93.2 Å². The summed E-state index contributed by atoms with van der Waals surface area (Å²) in [6, 6.07) is 12.6. The Kier molecular flexibility index (Phi) is 8.81. The largest absolute Gasteiger partial charge is 0.416 e. The number of hydrogen-bond donors (Lipinski definition) is 0. The summed E-state index contributed by atoms with van der Waals surface area (Å²) in [6.45, 7) is 9.45. The van der Waals surface area contributed by atoms with E-state index < -0.39 is 11.7 Å². The Morgan fingerprint density at radius 1 is 1.00 bits per heavy atom. The number of aromatic nitrogens is 2. The Morgan fingerprint density at radius 3 is 2.20 bits per heavy atom. The van der Waals surface area contributed by atoms with Crippen LogP contribution in [0.2, 0.25) is 0 Å². The molecule has 2 aromatic carbocycles. The summed E-state index contributed by atoms with van der Waals surface area (Å²) < 4.78 is 41.3. The highest BCUT2D eigenvalue weighted by atomic mass is 32.1. The van der Waals surface area contributed by atoms with E-state index in [1.165, 1.54) is 23.5 Å². The molecule has 2 aliphatic rings. The molecule has 1 amide bonds. The Morgan fingerprint density at radius 2 is 1.63 bits per heavy atom. The van der Waals surface area contributed by atoms with Crippen molar-refractivity contribution >= 4 is 23.3 Å². The lowest BCUT2D eigenvalue weighted by molar-refractivity contribution is -0.137. The number of hydrogen-bond acceptors (Lipinski definition) is 4. The third-order valence-electron chi connectivity index (χ3n) is 9.22. The van der Waals surface area contributed by atoms with Gasteiger partial charge in [-0.2, -0.15) is 13.2 Å². The van der Waals surface area contributed by atoms with Gasteiger partial charge in [0.2, 0.25) is 0 Å². The van der Waals surface area contributed by atoms with Gasteiger partial charge in [-0.15, -0.1) is 11.3 Å². The summed E-state index contributed by atoms with van der Waals surface area (Å²) in [5.74, 6) is 0.904. The third-order valence-corrected chi connectivity index (χ3v) is 10.1. The van der Waals surface area contributed by atoms with Crippen LogP contribution in [0.1, 0.15) is 79.7 Å². The summed E-state index contributed by atoms with van der Waals surface area (Å²) in [4.78, 5) is 36.0. The van der Waals surface area contributed by atoms with Gasteiger partial charge >= 0.3 is 6.18 Å². The van der Waals surface area contributed by atoms with E-state index in [-0.39, 0.29) is 11.5 Å². The van der Waals surface area contributed by atoms with E-state index in [9.17, 15) is 22.8 Å². The summed E-state index contributed by atoms with van der Waals surface area (Å²) in [7, 11) is 0. The molecule has 9 heteroatoms. The van der Waals surface area contributed by atoms with Crippen LogP contribution in [0.5, 0.6) is 0 Å². The summed E-state index contributed by atoms with van der Waals surface area (Å²) in [6.07, 6.45) is 2.31. The van der Waals surface area contributed by atoms with Crippen LogP contribution in [-0.4, -0.2) is 33.4 Å². The molecule has 1 aliphatic heterocycles. The molecule has 6 rings (SSSR count). The zero-order chi connectivity index (χ0) is 32.7. The molecule has 5 nitrogen and oxygen atoms in total. The van der Waals surface area contributed by atoms with Crippen LogP contribution in [0.4, 0.5) is 13.2 Å². The summed E-state index contributed by atoms with van der Waals surface area (Å²) in [5.41, 5.74) is 5.03. The number of para-hydroxylation sites is 1. The van der Waals surface area contributed by atoms with Crippen LogP contribution in [-0.2, 0) is 19.0 Å². The minimum atomic E-state index is -4.44. The number of thiazole rings is 1. The average molecular weight is 646 g/mol. The first-order valence-corrected chi connectivity index (χ1v) is 16.8. The van der Waals surface area contributed by atoms with Crippen molar-refractivity contribution in [1.29, 1.82) is 0 Å². The highest BCUT2D eigenvalue weighted by molar-refractivity contribution is 7.13. The van der Waals surface area contributed by atoms with E-state index in [2.05, 4.69) is 13.8 Å². The number of allylic oxidation sites excluding steroid dienone is 1. The van der Waals surface area contributed by atoms with Crippen molar-refractivity contribution in [2.75, 3.05) is 13.1 Å². The third kappa shape index (κ3) is 6.09. The Labute approximate surface area is 271 Å². The van der Waals surface area contributed by atoms with Crippen molar-refractivity contribution in [2.45, 2.75) is 66.0 Å². The van der Waals surface area contributed by atoms with E-state index in [0.717, 1.165) is 53.8 Å². The molecule has 240 valence electrons. The van der Waals surface area contributed by atoms with Crippen LogP contribution in [0, 0.1) is 11.8 Å². The van der Waals surface area contributed by atoms with Crippen LogP contribution >= 0.6 is 11.3 Å². The second kappa shape index (κ2) is 12.7. The van der Waals surface area contributed by atoms with Gasteiger partial charge in [0.25, 0.3) is 11.5 Å². The van der Waals surface area contributed by atoms with E-state index in [0.29, 0.717) is 70.9 Å². The predicted octanol–water partition coefficient (Wildman–Crippen LogP) is 9.07. The fraction of sp³-hybridized carbons (Fsp3) is 0.378. The number of carbonyl (C=O) groups is 1. The predicted molar refractivity (Wildman–Crippen MR) is 178 cm³/mol. The minimum absolute atomic E-state index is 0.0920. The quantitative estimate of drug-likeness (QED) is 0.202. The van der Waals surface area contributed by atoms with Gasteiger partial charge in [-0.3, -0.25) is 14.2 Å². The highest BCUT2D eigenvalue weighted by Crippen LogP contribution is 2.38. The number of fused-ring (bicyclic) bond motifs is 2. The number of piperidine rings is 1. The van der Waals surface area contributed by atoms with Crippen molar-refractivity contribution in [1.82, 2.24) is 14.5 Å². The first-order chi connectivity index (χ1) is 22.0. The number of aryl methyl sites for hydroxylation is 2. The minimum Gasteiger partial charge on any atom is -0.338 e. The first-order valence-electron chi connectivity index (χ1n) is 16.0. The maximum atomic E-state index is 14.7.